The molecule has 1 heterocycles. The molecule has 106 valence electrons. The van der Waals surface area contributed by atoms with Crippen LogP contribution in [0.5, 0.6) is 0 Å². The normalized spacial score (nSPS) is 23.3. The number of nitrogens with one attached hydrogen (secondary N) is 1. The Morgan fingerprint density at radius 3 is 2.95 bits per heavy atom. The zero-order valence-electron chi connectivity index (χ0n) is 12.3. The summed E-state index contributed by atoms with van der Waals surface area (Å²) in [5.41, 5.74) is 0.988. The Labute approximate surface area is 116 Å². The molecule has 0 aromatic carbocycles. The fourth-order valence-corrected chi connectivity index (χ4v) is 2.69. The Balaban J connectivity index is 1.91. The molecule has 0 saturated heterocycles. The first kappa shape index (κ1) is 14.3. The second-order valence-electron chi connectivity index (χ2n) is 5.55. The van der Waals surface area contributed by atoms with E-state index in [0.29, 0.717) is 12.7 Å². The van der Waals surface area contributed by atoms with Crippen LogP contribution < -0.4 is 5.32 Å². The zero-order chi connectivity index (χ0) is 13.7. The Kier molecular flexibility index (Phi) is 5.14. The van der Waals surface area contributed by atoms with Crippen LogP contribution in [0.1, 0.15) is 51.0 Å². The van der Waals surface area contributed by atoms with Gasteiger partial charge in [0.05, 0.1) is 6.10 Å². The van der Waals surface area contributed by atoms with Gasteiger partial charge in [0.1, 0.15) is 12.4 Å². The summed E-state index contributed by atoms with van der Waals surface area (Å²) in [6, 6.07) is 1.97. The van der Waals surface area contributed by atoms with Gasteiger partial charge in [0.15, 0.2) is 5.82 Å². The molecule has 1 aromatic heterocycles. The highest BCUT2D eigenvalue weighted by atomic mass is 16.5. The number of rotatable bonds is 5. The van der Waals surface area contributed by atoms with Crippen molar-refractivity contribution in [2.75, 3.05) is 11.9 Å². The maximum Gasteiger partial charge on any atom is 0.156 e. The molecule has 1 aliphatic carbocycles. The largest absolute Gasteiger partial charge is 0.370 e. The van der Waals surface area contributed by atoms with Crippen LogP contribution in [0.2, 0.25) is 0 Å². The van der Waals surface area contributed by atoms with Gasteiger partial charge < -0.3 is 10.1 Å². The number of hydrogen-bond donors (Lipinski definition) is 1. The minimum Gasteiger partial charge on any atom is -0.370 e. The van der Waals surface area contributed by atoms with Crippen molar-refractivity contribution in [2.24, 2.45) is 5.92 Å². The van der Waals surface area contributed by atoms with Crippen molar-refractivity contribution in [1.82, 2.24) is 9.97 Å². The summed E-state index contributed by atoms with van der Waals surface area (Å²) in [6.45, 7) is 7.77. The van der Waals surface area contributed by atoms with Crippen molar-refractivity contribution >= 4 is 5.82 Å². The molecule has 1 saturated carbocycles. The molecule has 0 aliphatic heterocycles. The lowest BCUT2D eigenvalue weighted by Gasteiger charge is -2.26. The molecule has 1 N–H and O–H groups in total. The molecule has 2 unspecified atom stereocenters. The third kappa shape index (κ3) is 4.46. The predicted molar refractivity (Wildman–Crippen MR) is 77.1 cm³/mol. The highest BCUT2D eigenvalue weighted by Crippen LogP contribution is 2.26. The molecular formula is C15H25N3O. The second kappa shape index (κ2) is 6.85. The lowest BCUT2D eigenvalue weighted by atomic mass is 9.89. The van der Waals surface area contributed by atoms with Crippen molar-refractivity contribution in [3.05, 3.63) is 17.6 Å². The van der Waals surface area contributed by atoms with Crippen LogP contribution in [0, 0.1) is 12.8 Å². The van der Waals surface area contributed by atoms with Gasteiger partial charge in [0.2, 0.25) is 0 Å². The smallest absolute Gasteiger partial charge is 0.156 e. The maximum atomic E-state index is 5.97. The van der Waals surface area contributed by atoms with Crippen LogP contribution >= 0.6 is 0 Å². The van der Waals surface area contributed by atoms with E-state index in [1.807, 2.05) is 13.0 Å². The molecule has 0 radical (unpaired) electrons. The molecule has 0 bridgehead atoms. The first-order valence-electron chi connectivity index (χ1n) is 7.37. The van der Waals surface area contributed by atoms with E-state index in [-0.39, 0.29) is 0 Å². The van der Waals surface area contributed by atoms with E-state index in [0.717, 1.165) is 29.8 Å². The monoisotopic (exact) mass is 263 g/mol. The van der Waals surface area contributed by atoms with Gasteiger partial charge in [-0.1, -0.05) is 19.8 Å². The minimum atomic E-state index is 0.385. The number of anilines is 1. The molecule has 2 atom stereocenters. The summed E-state index contributed by atoms with van der Waals surface area (Å²) in [4.78, 5) is 8.92. The van der Waals surface area contributed by atoms with Gasteiger partial charge in [-0.05, 0) is 32.6 Å². The van der Waals surface area contributed by atoms with Crippen LogP contribution in [0.15, 0.2) is 6.07 Å². The van der Waals surface area contributed by atoms with E-state index < -0.39 is 0 Å². The standard InChI is InChI=1S/C15H25N3O/c1-4-16-14-9-12(3)17-15(18-14)10-19-13-7-5-6-11(2)8-13/h9,11,13H,4-8,10H2,1-3H3,(H,16,17,18). The first-order chi connectivity index (χ1) is 9.17. The Morgan fingerprint density at radius 1 is 1.37 bits per heavy atom. The van der Waals surface area contributed by atoms with E-state index in [1.54, 1.807) is 0 Å². The first-order valence-corrected chi connectivity index (χ1v) is 7.37. The summed E-state index contributed by atoms with van der Waals surface area (Å²) in [6.07, 6.45) is 5.35. The number of aryl methyl sites for hydroxylation is 1. The molecule has 1 fully saturated rings. The van der Waals surface area contributed by atoms with Gasteiger partial charge in [0, 0.05) is 18.3 Å². The molecular weight excluding hydrogens is 238 g/mol. The van der Waals surface area contributed by atoms with Crippen molar-refractivity contribution in [1.29, 1.82) is 0 Å². The van der Waals surface area contributed by atoms with E-state index >= 15 is 0 Å². The van der Waals surface area contributed by atoms with Gasteiger partial charge in [-0.3, -0.25) is 0 Å². The summed E-state index contributed by atoms with van der Waals surface area (Å²) in [5, 5.41) is 3.23. The fraction of sp³-hybridized carbons (Fsp3) is 0.733. The topological polar surface area (TPSA) is 47.0 Å². The average molecular weight is 263 g/mol. The fourth-order valence-electron chi connectivity index (χ4n) is 2.69. The number of aromatic nitrogens is 2. The quantitative estimate of drug-likeness (QED) is 0.885. The van der Waals surface area contributed by atoms with Gasteiger partial charge in [-0.15, -0.1) is 0 Å². The van der Waals surface area contributed by atoms with Crippen LogP contribution in [0.3, 0.4) is 0 Å². The van der Waals surface area contributed by atoms with Crippen LogP contribution in [0.25, 0.3) is 0 Å². The summed E-state index contributed by atoms with van der Waals surface area (Å²) in [5.74, 6) is 2.47. The molecule has 4 nitrogen and oxygen atoms in total. The van der Waals surface area contributed by atoms with Gasteiger partial charge in [-0.25, -0.2) is 9.97 Å². The van der Waals surface area contributed by atoms with E-state index in [4.69, 9.17) is 4.74 Å². The molecule has 1 aliphatic rings. The highest BCUT2D eigenvalue weighted by molar-refractivity contribution is 5.35. The Bertz CT molecular complexity index is 408. The maximum absolute atomic E-state index is 5.97. The van der Waals surface area contributed by atoms with Crippen molar-refractivity contribution < 1.29 is 4.74 Å². The Hall–Kier alpha value is -1.16. The second-order valence-corrected chi connectivity index (χ2v) is 5.55. The summed E-state index contributed by atoms with van der Waals surface area (Å²) in [7, 11) is 0. The van der Waals surface area contributed by atoms with Gasteiger partial charge in [0.25, 0.3) is 0 Å². The number of nitrogens with zero attached hydrogens (tertiary/aromatic N) is 2. The number of ether oxygens (including phenoxy) is 1. The van der Waals surface area contributed by atoms with Crippen molar-refractivity contribution in [2.45, 2.75) is 59.2 Å². The third-order valence-electron chi connectivity index (χ3n) is 3.59. The molecule has 2 rings (SSSR count). The Morgan fingerprint density at radius 2 is 2.21 bits per heavy atom. The zero-order valence-corrected chi connectivity index (χ0v) is 12.3. The minimum absolute atomic E-state index is 0.385. The molecule has 4 heteroatoms. The molecule has 0 spiro atoms. The van der Waals surface area contributed by atoms with Crippen LogP contribution in [-0.2, 0) is 11.3 Å². The van der Waals surface area contributed by atoms with Crippen LogP contribution in [0.4, 0.5) is 5.82 Å². The third-order valence-corrected chi connectivity index (χ3v) is 3.59. The molecule has 1 aromatic rings. The lowest BCUT2D eigenvalue weighted by molar-refractivity contribution is 0.00161. The van der Waals surface area contributed by atoms with E-state index in [1.165, 1.54) is 25.7 Å². The molecule has 19 heavy (non-hydrogen) atoms. The van der Waals surface area contributed by atoms with E-state index in [9.17, 15) is 0 Å². The van der Waals surface area contributed by atoms with Gasteiger partial charge in [-0.2, -0.15) is 0 Å². The number of hydrogen-bond acceptors (Lipinski definition) is 4. The molecule has 0 amide bonds. The predicted octanol–water partition coefficient (Wildman–Crippen LogP) is 3.31. The van der Waals surface area contributed by atoms with Crippen molar-refractivity contribution in [3.63, 3.8) is 0 Å². The summed E-state index contributed by atoms with van der Waals surface area (Å²) < 4.78 is 5.97. The van der Waals surface area contributed by atoms with Crippen molar-refractivity contribution in [3.8, 4) is 0 Å². The van der Waals surface area contributed by atoms with Gasteiger partial charge >= 0.3 is 0 Å². The SMILES string of the molecule is CCNc1cc(C)nc(COC2CCCC(C)C2)n1. The average Bonchev–Trinajstić information content (AvgIpc) is 2.36. The lowest BCUT2D eigenvalue weighted by Crippen LogP contribution is -2.21. The summed E-state index contributed by atoms with van der Waals surface area (Å²) >= 11 is 0. The highest BCUT2D eigenvalue weighted by Gasteiger charge is 2.19. The van der Waals surface area contributed by atoms with Crippen LogP contribution in [-0.4, -0.2) is 22.6 Å². The van der Waals surface area contributed by atoms with E-state index in [2.05, 4.69) is 29.1 Å².